The van der Waals surface area contributed by atoms with Crippen molar-refractivity contribution in [1.29, 1.82) is 0 Å². The molecule has 1 saturated carbocycles. The van der Waals surface area contributed by atoms with E-state index in [-0.39, 0.29) is 12.0 Å². The van der Waals surface area contributed by atoms with Crippen molar-refractivity contribution in [1.82, 2.24) is 5.32 Å². The average Bonchev–Trinajstić information content (AvgIpc) is 2.48. The Kier molecular flexibility index (Phi) is 6.09. The van der Waals surface area contributed by atoms with Crippen LogP contribution in [0.4, 0.5) is 0 Å². The first kappa shape index (κ1) is 16.3. The zero-order chi connectivity index (χ0) is 15.2. The number of benzene rings is 1. The minimum atomic E-state index is -0.165. The second kappa shape index (κ2) is 7.83. The molecule has 1 amide bonds. The maximum atomic E-state index is 11.8. The molecule has 0 saturated heterocycles. The lowest BCUT2D eigenvalue weighted by atomic mass is 9.87. The van der Waals surface area contributed by atoms with Crippen LogP contribution in [-0.4, -0.2) is 23.7 Å². The Bertz CT molecular complexity index is 523. The van der Waals surface area contributed by atoms with Gasteiger partial charge in [0, 0.05) is 12.6 Å². The van der Waals surface area contributed by atoms with Crippen LogP contribution in [0, 0.1) is 5.92 Å². The molecule has 0 aromatic heterocycles. The number of aliphatic hydroxyl groups is 1. The molecule has 1 aliphatic rings. The number of carbonyl (C=O) groups excluding carboxylic acids is 1. The summed E-state index contributed by atoms with van der Waals surface area (Å²) in [4.78, 5) is 11.8. The van der Waals surface area contributed by atoms with E-state index in [2.05, 4.69) is 5.32 Å². The average molecular weight is 328 g/mol. The minimum absolute atomic E-state index is 0.142. The van der Waals surface area contributed by atoms with Crippen molar-refractivity contribution < 1.29 is 9.90 Å². The summed E-state index contributed by atoms with van der Waals surface area (Å²) in [5.41, 5.74) is 0.722. The highest BCUT2D eigenvalue weighted by molar-refractivity contribution is 6.42. The predicted octanol–water partition coefficient (Wildman–Crippen LogP) is 3.67. The van der Waals surface area contributed by atoms with Gasteiger partial charge in [0.2, 0.25) is 5.91 Å². The quantitative estimate of drug-likeness (QED) is 0.829. The van der Waals surface area contributed by atoms with Gasteiger partial charge in [-0.15, -0.1) is 0 Å². The van der Waals surface area contributed by atoms with E-state index in [9.17, 15) is 9.90 Å². The second-order valence-corrected chi connectivity index (χ2v) is 6.18. The second-order valence-electron chi connectivity index (χ2n) is 5.40. The first-order valence-corrected chi connectivity index (χ1v) is 7.90. The van der Waals surface area contributed by atoms with Crippen LogP contribution >= 0.6 is 23.2 Å². The topological polar surface area (TPSA) is 49.3 Å². The molecule has 114 valence electrons. The molecule has 0 radical (unpaired) electrons. The predicted molar refractivity (Wildman–Crippen MR) is 86.5 cm³/mol. The molecule has 1 aliphatic carbocycles. The molecule has 0 atom stereocenters. The van der Waals surface area contributed by atoms with Gasteiger partial charge in [0.25, 0.3) is 0 Å². The molecule has 0 heterocycles. The first-order chi connectivity index (χ1) is 10.1. The summed E-state index contributed by atoms with van der Waals surface area (Å²) in [6.07, 6.45) is 6.55. The highest BCUT2D eigenvalue weighted by atomic mass is 35.5. The van der Waals surface area contributed by atoms with Crippen molar-refractivity contribution in [3.05, 3.63) is 39.9 Å². The Morgan fingerprint density at radius 3 is 2.71 bits per heavy atom. The number of hydrogen-bond donors (Lipinski definition) is 2. The maximum absolute atomic E-state index is 11.8. The number of amides is 1. The van der Waals surface area contributed by atoms with Crippen LogP contribution in [0.15, 0.2) is 24.3 Å². The third-order valence-electron chi connectivity index (χ3n) is 3.78. The zero-order valence-corrected chi connectivity index (χ0v) is 13.2. The van der Waals surface area contributed by atoms with Crippen LogP contribution in [0.2, 0.25) is 10.0 Å². The molecule has 1 fully saturated rings. The molecule has 3 nitrogen and oxygen atoms in total. The van der Waals surface area contributed by atoms with Gasteiger partial charge in [0.1, 0.15) is 0 Å². The van der Waals surface area contributed by atoms with Crippen LogP contribution in [-0.2, 0) is 4.79 Å². The Labute approximate surface area is 134 Å². The molecule has 21 heavy (non-hydrogen) atoms. The lowest BCUT2D eigenvalue weighted by Gasteiger charge is -2.25. The van der Waals surface area contributed by atoms with Gasteiger partial charge in [-0.1, -0.05) is 35.3 Å². The van der Waals surface area contributed by atoms with Crippen LogP contribution in [0.1, 0.15) is 31.2 Å². The van der Waals surface area contributed by atoms with E-state index in [1.807, 2.05) is 0 Å². The molecular formula is C16H19Cl2NO2. The molecule has 1 aromatic rings. The number of halogens is 2. The van der Waals surface area contributed by atoms with Gasteiger partial charge in [0.05, 0.1) is 16.1 Å². The summed E-state index contributed by atoms with van der Waals surface area (Å²) in [6.45, 7) is 0.652. The van der Waals surface area contributed by atoms with Gasteiger partial charge in [-0.2, -0.15) is 0 Å². The van der Waals surface area contributed by atoms with E-state index >= 15 is 0 Å². The van der Waals surface area contributed by atoms with E-state index in [1.165, 1.54) is 6.08 Å². The van der Waals surface area contributed by atoms with Gasteiger partial charge < -0.3 is 10.4 Å². The number of hydrogen-bond acceptors (Lipinski definition) is 2. The van der Waals surface area contributed by atoms with E-state index in [0.29, 0.717) is 22.5 Å². The van der Waals surface area contributed by atoms with Crippen molar-refractivity contribution in [2.45, 2.75) is 31.8 Å². The number of aliphatic hydroxyl groups excluding tert-OH is 1. The highest BCUT2D eigenvalue weighted by Gasteiger charge is 2.19. The van der Waals surface area contributed by atoms with Crippen molar-refractivity contribution in [2.24, 2.45) is 5.92 Å². The van der Waals surface area contributed by atoms with Crippen LogP contribution in [0.25, 0.3) is 6.08 Å². The van der Waals surface area contributed by atoms with Gasteiger partial charge in [-0.05, 0) is 49.3 Å². The van der Waals surface area contributed by atoms with E-state index in [0.717, 1.165) is 31.2 Å². The van der Waals surface area contributed by atoms with Crippen molar-refractivity contribution in [2.75, 3.05) is 6.54 Å². The fourth-order valence-electron chi connectivity index (χ4n) is 2.47. The third-order valence-corrected chi connectivity index (χ3v) is 4.61. The van der Waals surface area contributed by atoms with E-state index in [4.69, 9.17) is 23.2 Å². The normalized spacial score (nSPS) is 22.4. The number of rotatable bonds is 4. The van der Waals surface area contributed by atoms with Gasteiger partial charge >= 0.3 is 0 Å². The standard InChI is InChI=1S/C16H19Cl2NO2/c17-14-3-1-2-12(16(14)18)6-9-15(21)19-10-11-4-7-13(20)8-5-11/h1-3,6,9,11,13,20H,4-5,7-8,10H2,(H,19,21)/b9-6+. The van der Waals surface area contributed by atoms with Crippen LogP contribution in [0.5, 0.6) is 0 Å². The molecular weight excluding hydrogens is 309 g/mol. The monoisotopic (exact) mass is 327 g/mol. The number of nitrogens with one attached hydrogen (secondary N) is 1. The SMILES string of the molecule is O=C(/C=C/c1cccc(Cl)c1Cl)NCC1CCC(O)CC1. The Morgan fingerprint density at radius 2 is 2.00 bits per heavy atom. The molecule has 2 N–H and O–H groups in total. The first-order valence-electron chi connectivity index (χ1n) is 7.14. The summed E-state index contributed by atoms with van der Waals surface area (Å²) in [7, 11) is 0. The summed E-state index contributed by atoms with van der Waals surface area (Å²) in [5, 5.41) is 13.3. The van der Waals surface area contributed by atoms with Gasteiger partial charge in [-0.25, -0.2) is 0 Å². The Balaban J connectivity index is 1.81. The lowest BCUT2D eigenvalue weighted by Crippen LogP contribution is -2.31. The Morgan fingerprint density at radius 1 is 1.29 bits per heavy atom. The molecule has 0 spiro atoms. The third kappa shape index (κ3) is 5.03. The molecule has 0 unspecified atom stereocenters. The highest BCUT2D eigenvalue weighted by Crippen LogP contribution is 2.26. The number of carbonyl (C=O) groups is 1. The molecule has 5 heteroatoms. The lowest BCUT2D eigenvalue weighted by molar-refractivity contribution is -0.116. The minimum Gasteiger partial charge on any atom is -0.393 e. The maximum Gasteiger partial charge on any atom is 0.244 e. The fraction of sp³-hybridized carbons (Fsp3) is 0.438. The largest absolute Gasteiger partial charge is 0.393 e. The molecule has 0 bridgehead atoms. The molecule has 0 aliphatic heterocycles. The smallest absolute Gasteiger partial charge is 0.244 e. The molecule has 1 aromatic carbocycles. The molecule has 2 rings (SSSR count). The Hall–Kier alpha value is -1.03. The van der Waals surface area contributed by atoms with Gasteiger partial charge in [-0.3, -0.25) is 4.79 Å². The summed E-state index contributed by atoms with van der Waals surface area (Å²) >= 11 is 12.0. The summed E-state index contributed by atoms with van der Waals surface area (Å²) < 4.78 is 0. The van der Waals surface area contributed by atoms with Gasteiger partial charge in [0.15, 0.2) is 0 Å². The van der Waals surface area contributed by atoms with Crippen LogP contribution < -0.4 is 5.32 Å². The fourth-order valence-corrected chi connectivity index (χ4v) is 2.84. The van der Waals surface area contributed by atoms with Crippen molar-refractivity contribution in [3.8, 4) is 0 Å². The van der Waals surface area contributed by atoms with Crippen LogP contribution in [0.3, 0.4) is 0 Å². The van der Waals surface area contributed by atoms with E-state index < -0.39 is 0 Å². The van der Waals surface area contributed by atoms with Crippen molar-refractivity contribution >= 4 is 35.2 Å². The summed E-state index contributed by atoms with van der Waals surface area (Å²) in [5.74, 6) is 0.317. The van der Waals surface area contributed by atoms with E-state index in [1.54, 1.807) is 24.3 Å². The zero-order valence-electron chi connectivity index (χ0n) is 11.7. The van der Waals surface area contributed by atoms with Crippen molar-refractivity contribution in [3.63, 3.8) is 0 Å². The summed E-state index contributed by atoms with van der Waals surface area (Å²) in [6, 6.07) is 5.30.